The van der Waals surface area contributed by atoms with Crippen molar-refractivity contribution in [1.29, 1.82) is 0 Å². The Morgan fingerprint density at radius 1 is 0.897 bits per heavy atom. The Morgan fingerprint density at radius 2 is 1.76 bits per heavy atom. The highest BCUT2D eigenvalue weighted by Gasteiger charge is 2.31. The van der Waals surface area contributed by atoms with Crippen molar-refractivity contribution in [2.75, 3.05) is 5.32 Å². The number of rotatable bonds is 1. The molecule has 0 radical (unpaired) electrons. The van der Waals surface area contributed by atoms with Gasteiger partial charge < -0.3 is 5.32 Å². The molecule has 4 aromatic rings. The third-order valence-corrected chi connectivity index (χ3v) is 8.12. The predicted molar refractivity (Wildman–Crippen MR) is 127 cm³/mol. The van der Waals surface area contributed by atoms with E-state index in [1.165, 1.54) is 72.1 Å². The van der Waals surface area contributed by atoms with Crippen LogP contribution in [0.5, 0.6) is 0 Å². The summed E-state index contributed by atoms with van der Waals surface area (Å²) in [6.45, 7) is 7.03. The second-order valence-corrected chi connectivity index (χ2v) is 9.79. The van der Waals surface area contributed by atoms with Crippen LogP contribution in [-0.2, 0) is 6.42 Å². The third-order valence-electron chi connectivity index (χ3n) is 6.99. The number of aryl methyl sites for hydroxylation is 1. The first-order chi connectivity index (χ1) is 14.1. The van der Waals surface area contributed by atoms with E-state index in [9.17, 15) is 0 Å². The van der Waals surface area contributed by atoms with Crippen LogP contribution in [0.4, 0.5) is 5.69 Å². The van der Waals surface area contributed by atoms with Gasteiger partial charge in [0.25, 0.3) is 0 Å². The summed E-state index contributed by atoms with van der Waals surface area (Å²) in [5.74, 6) is 0.443. The average molecular weight is 396 g/mol. The molecule has 144 valence electrons. The van der Waals surface area contributed by atoms with Gasteiger partial charge in [-0.1, -0.05) is 55.0 Å². The SMILES string of the molecule is CC1=C(c2cccc3c2NC(C)CC3)c2ccc3sc4ccccc4c3c2C1C. The van der Waals surface area contributed by atoms with E-state index in [2.05, 4.69) is 80.7 Å². The molecule has 2 heteroatoms. The van der Waals surface area contributed by atoms with E-state index in [1.807, 2.05) is 11.3 Å². The molecule has 0 fully saturated rings. The van der Waals surface area contributed by atoms with E-state index >= 15 is 0 Å². The molecule has 0 saturated heterocycles. The molecule has 2 aliphatic rings. The third kappa shape index (κ3) is 2.39. The van der Waals surface area contributed by atoms with Gasteiger partial charge in [0.05, 0.1) is 0 Å². The molecule has 2 unspecified atom stereocenters. The molecule has 1 nitrogen and oxygen atoms in total. The van der Waals surface area contributed by atoms with Gasteiger partial charge in [0.1, 0.15) is 0 Å². The smallest absolute Gasteiger partial charge is 0.0454 e. The van der Waals surface area contributed by atoms with Gasteiger partial charge in [-0.05, 0) is 61.1 Å². The van der Waals surface area contributed by atoms with Crippen LogP contribution in [0.15, 0.2) is 60.2 Å². The molecule has 2 atom stereocenters. The molecule has 0 spiro atoms. The summed E-state index contributed by atoms with van der Waals surface area (Å²) in [4.78, 5) is 0. The lowest BCUT2D eigenvalue weighted by atomic mass is 9.89. The molecule has 2 heterocycles. The van der Waals surface area contributed by atoms with Crippen LogP contribution in [-0.4, -0.2) is 6.04 Å². The summed E-state index contributed by atoms with van der Waals surface area (Å²) in [5.41, 5.74) is 10.1. The number of thiophene rings is 1. The van der Waals surface area contributed by atoms with E-state index < -0.39 is 0 Å². The standard InChI is InChI=1S/C27H25NS/c1-15-11-12-18-7-6-9-21(27(18)28-15)24-16(2)17(3)25-20(24)13-14-23-26(25)19-8-4-5-10-22(19)29-23/h4-10,13-15,17,28H,11-12H2,1-3H3. The van der Waals surface area contributed by atoms with Crippen LogP contribution in [0.3, 0.4) is 0 Å². The first kappa shape index (κ1) is 17.3. The fraction of sp³-hybridized carbons (Fsp3) is 0.259. The Hall–Kier alpha value is -2.58. The first-order valence-electron chi connectivity index (χ1n) is 10.7. The zero-order valence-electron chi connectivity index (χ0n) is 17.2. The maximum absolute atomic E-state index is 3.80. The number of allylic oxidation sites excluding steroid dienone is 1. The van der Waals surface area contributed by atoms with Crippen molar-refractivity contribution in [2.45, 2.75) is 45.6 Å². The Morgan fingerprint density at radius 3 is 2.66 bits per heavy atom. The van der Waals surface area contributed by atoms with Crippen LogP contribution < -0.4 is 5.32 Å². The summed E-state index contributed by atoms with van der Waals surface area (Å²) >= 11 is 1.92. The zero-order valence-corrected chi connectivity index (χ0v) is 18.0. The quantitative estimate of drug-likeness (QED) is 0.347. The van der Waals surface area contributed by atoms with Crippen LogP contribution in [0.2, 0.25) is 0 Å². The Balaban J connectivity index is 1.64. The molecule has 1 aromatic heterocycles. The molecule has 0 amide bonds. The van der Waals surface area contributed by atoms with Gasteiger partial charge >= 0.3 is 0 Å². The van der Waals surface area contributed by atoms with Gasteiger partial charge in [0.15, 0.2) is 0 Å². The minimum atomic E-state index is 0.443. The van der Waals surface area contributed by atoms with Crippen molar-refractivity contribution in [1.82, 2.24) is 0 Å². The van der Waals surface area contributed by atoms with Crippen molar-refractivity contribution in [2.24, 2.45) is 0 Å². The largest absolute Gasteiger partial charge is 0.382 e. The monoisotopic (exact) mass is 395 g/mol. The topological polar surface area (TPSA) is 12.0 Å². The van der Waals surface area contributed by atoms with Gasteiger partial charge in [0.2, 0.25) is 0 Å². The van der Waals surface area contributed by atoms with E-state index in [1.54, 1.807) is 0 Å². The van der Waals surface area contributed by atoms with Gasteiger partial charge in [-0.3, -0.25) is 0 Å². The van der Waals surface area contributed by atoms with Gasteiger partial charge in [-0.2, -0.15) is 0 Å². The number of para-hydroxylation sites is 1. The first-order valence-corrected chi connectivity index (χ1v) is 11.5. The number of fused-ring (bicyclic) bond motifs is 6. The molecular formula is C27H25NS. The van der Waals surface area contributed by atoms with Crippen molar-refractivity contribution in [3.8, 4) is 0 Å². The van der Waals surface area contributed by atoms with Crippen molar-refractivity contribution >= 4 is 42.8 Å². The molecule has 0 saturated carbocycles. The Bertz CT molecular complexity index is 1320. The summed E-state index contributed by atoms with van der Waals surface area (Å²) in [6.07, 6.45) is 2.38. The predicted octanol–water partition coefficient (Wildman–Crippen LogP) is 7.74. The number of hydrogen-bond donors (Lipinski definition) is 1. The number of anilines is 1. The molecule has 1 aliphatic heterocycles. The number of hydrogen-bond acceptors (Lipinski definition) is 2. The van der Waals surface area contributed by atoms with Crippen molar-refractivity contribution in [3.63, 3.8) is 0 Å². The molecule has 1 aliphatic carbocycles. The number of benzene rings is 3. The van der Waals surface area contributed by atoms with Gasteiger partial charge in [-0.25, -0.2) is 0 Å². The zero-order chi connectivity index (χ0) is 19.7. The second-order valence-electron chi connectivity index (χ2n) is 8.70. The summed E-state index contributed by atoms with van der Waals surface area (Å²) in [7, 11) is 0. The maximum Gasteiger partial charge on any atom is 0.0454 e. The van der Waals surface area contributed by atoms with Crippen molar-refractivity contribution in [3.05, 3.63) is 82.4 Å². The minimum Gasteiger partial charge on any atom is -0.382 e. The highest BCUT2D eigenvalue weighted by atomic mass is 32.1. The molecule has 3 aromatic carbocycles. The molecule has 6 rings (SSSR count). The second kappa shape index (κ2) is 6.21. The highest BCUT2D eigenvalue weighted by molar-refractivity contribution is 7.25. The molecule has 1 N–H and O–H groups in total. The molecule has 0 bridgehead atoms. The normalized spacial score (nSPS) is 20.8. The summed E-state index contributed by atoms with van der Waals surface area (Å²) < 4.78 is 2.80. The van der Waals surface area contributed by atoms with Crippen LogP contribution in [0, 0.1) is 0 Å². The van der Waals surface area contributed by atoms with E-state index in [4.69, 9.17) is 0 Å². The number of nitrogens with one attached hydrogen (secondary N) is 1. The van der Waals surface area contributed by atoms with Crippen LogP contribution in [0.1, 0.15) is 55.4 Å². The molecule has 29 heavy (non-hydrogen) atoms. The summed E-state index contributed by atoms with van der Waals surface area (Å²) in [5, 5.41) is 6.68. The highest BCUT2D eigenvalue weighted by Crippen LogP contribution is 2.52. The van der Waals surface area contributed by atoms with Crippen molar-refractivity contribution < 1.29 is 0 Å². The Kier molecular flexibility index (Phi) is 3.70. The lowest BCUT2D eigenvalue weighted by Crippen LogP contribution is -2.23. The van der Waals surface area contributed by atoms with Crippen LogP contribution >= 0.6 is 11.3 Å². The minimum absolute atomic E-state index is 0.443. The maximum atomic E-state index is 3.80. The Labute approximate surface area is 176 Å². The fourth-order valence-corrected chi connectivity index (χ4v) is 6.51. The van der Waals surface area contributed by atoms with Crippen LogP contribution in [0.25, 0.3) is 25.7 Å². The average Bonchev–Trinajstić information content (AvgIpc) is 3.23. The van der Waals surface area contributed by atoms with Gasteiger partial charge in [0, 0.05) is 43.4 Å². The lowest BCUT2D eigenvalue weighted by Gasteiger charge is -2.27. The molecular weight excluding hydrogens is 370 g/mol. The lowest BCUT2D eigenvalue weighted by molar-refractivity contribution is 0.680. The van der Waals surface area contributed by atoms with Gasteiger partial charge in [-0.15, -0.1) is 11.3 Å². The summed E-state index contributed by atoms with van der Waals surface area (Å²) in [6, 6.07) is 21.0. The van der Waals surface area contributed by atoms with E-state index in [0.717, 1.165) is 0 Å². The van der Waals surface area contributed by atoms with E-state index in [0.29, 0.717) is 12.0 Å². The van der Waals surface area contributed by atoms with E-state index in [-0.39, 0.29) is 0 Å². The fourth-order valence-electron chi connectivity index (χ4n) is 5.39.